The van der Waals surface area contributed by atoms with Gasteiger partial charge in [-0.2, -0.15) is 8.78 Å². The van der Waals surface area contributed by atoms with Gasteiger partial charge in [-0.1, -0.05) is 17.7 Å². The van der Waals surface area contributed by atoms with Crippen molar-refractivity contribution in [3.8, 4) is 17.2 Å². The lowest BCUT2D eigenvalue weighted by molar-refractivity contribution is -0.0504. The van der Waals surface area contributed by atoms with E-state index in [0.717, 1.165) is 11.1 Å². The van der Waals surface area contributed by atoms with Gasteiger partial charge in [0.2, 0.25) is 0 Å². The Morgan fingerprint density at radius 1 is 0.964 bits per heavy atom. The minimum atomic E-state index is -2.87. The second-order valence-electron chi connectivity index (χ2n) is 5.95. The van der Waals surface area contributed by atoms with Gasteiger partial charge in [0.05, 0.1) is 14.2 Å². The largest absolute Gasteiger partial charge is 0.497 e. The Bertz CT molecular complexity index is 813. The lowest BCUT2D eigenvalue weighted by Crippen LogP contribution is -2.36. The number of aliphatic imine (C=N–C) groups is 1. The number of guanidine groups is 1. The van der Waals surface area contributed by atoms with E-state index in [0.29, 0.717) is 29.6 Å². The molecular formula is C20H25F2N3O3. The number of halogens is 2. The minimum absolute atomic E-state index is 0.139. The van der Waals surface area contributed by atoms with Gasteiger partial charge in [-0.05, 0) is 25.1 Å². The lowest BCUT2D eigenvalue weighted by Gasteiger charge is -2.16. The predicted octanol–water partition coefficient (Wildman–Crippen LogP) is 3.48. The molecule has 2 rings (SSSR count). The Kier molecular flexibility index (Phi) is 7.86. The van der Waals surface area contributed by atoms with E-state index >= 15 is 0 Å². The number of benzene rings is 2. The number of rotatable bonds is 8. The molecule has 0 radical (unpaired) electrons. The summed E-state index contributed by atoms with van der Waals surface area (Å²) in [5.74, 6) is 2.05. The van der Waals surface area contributed by atoms with Gasteiger partial charge in [0.1, 0.15) is 17.2 Å². The molecule has 0 aliphatic rings. The molecule has 28 heavy (non-hydrogen) atoms. The smallest absolute Gasteiger partial charge is 0.387 e. The van der Waals surface area contributed by atoms with Gasteiger partial charge in [0, 0.05) is 37.3 Å². The van der Waals surface area contributed by atoms with Gasteiger partial charge >= 0.3 is 6.61 Å². The molecule has 0 spiro atoms. The number of aryl methyl sites for hydroxylation is 1. The molecule has 0 saturated carbocycles. The van der Waals surface area contributed by atoms with Crippen LogP contribution in [0.1, 0.15) is 16.7 Å². The average molecular weight is 393 g/mol. The van der Waals surface area contributed by atoms with Crippen molar-refractivity contribution in [2.24, 2.45) is 4.99 Å². The number of ether oxygens (including phenoxy) is 3. The highest BCUT2D eigenvalue weighted by molar-refractivity contribution is 5.79. The van der Waals surface area contributed by atoms with Crippen LogP contribution in [0.15, 0.2) is 41.4 Å². The van der Waals surface area contributed by atoms with Crippen LogP contribution in [0.4, 0.5) is 8.78 Å². The van der Waals surface area contributed by atoms with Crippen LogP contribution in [-0.2, 0) is 13.1 Å². The van der Waals surface area contributed by atoms with Crippen molar-refractivity contribution in [2.45, 2.75) is 26.6 Å². The summed E-state index contributed by atoms with van der Waals surface area (Å²) in [6, 6.07) is 10.6. The quantitative estimate of drug-likeness (QED) is 0.531. The third-order valence-electron chi connectivity index (χ3n) is 4.04. The molecule has 2 aromatic carbocycles. The zero-order valence-electron chi connectivity index (χ0n) is 16.4. The van der Waals surface area contributed by atoms with Gasteiger partial charge in [-0.25, -0.2) is 0 Å². The van der Waals surface area contributed by atoms with Crippen molar-refractivity contribution in [3.05, 3.63) is 53.1 Å². The maximum absolute atomic E-state index is 12.6. The van der Waals surface area contributed by atoms with Crippen molar-refractivity contribution in [1.29, 1.82) is 0 Å². The van der Waals surface area contributed by atoms with Crippen LogP contribution in [0.25, 0.3) is 0 Å². The van der Waals surface area contributed by atoms with Crippen LogP contribution in [0.2, 0.25) is 0 Å². The number of methoxy groups -OCH3 is 2. The second-order valence-corrected chi connectivity index (χ2v) is 5.95. The first-order valence-corrected chi connectivity index (χ1v) is 8.66. The van der Waals surface area contributed by atoms with Crippen LogP contribution in [0.3, 0.4) is 0 Å². The van der Waals surface area contributed by atoms with E-state index in [1.54, 1.807) is 39.5 Å². The van der Waals surface area contributed by atoms with E-state index in [-0.39, 0.29) is 12.3 Å². The molecule has 0 aliphatic heterocycles. The zero-order chi connectivity index (χ0) is 20.5. The fraction of sp³-hybridized carbons (Fsp3) is 0.350. The third kappa shape index (κ3) is 6.00. The first-order valence-electron chi connectivity index (χ1n) is 8.66. The van der Waals surface area contributed by atoms with Crippen molar-refractivity contribution >= 4 is 5.96 Å². The fourth-order valence-electron chi connectivity index (χ4n) is 2.63. The first-order chi connectivity index (χ1) is 13.5. The molecule has 8 heteroatoms. The highest BCUT2D eigenvalue weighted by atomic mass is 19.3. The second kappa shape index (κ2) is 10.3. The minimum Gasteiger partial charge on any atom is -0.497 e. The molecule has 0 aliphatic carbocycles. The normalized spacial score (nSPS) is 11.3. The van der Waals surface area contributed by atoms with Crippen LogP contribution < -0.4 is 24.8 Å². The van der Waals surface area contributed by atoms with Gasteiger partial charge in [0.15, 0.2) is 5.96 Å². The lowest BCUT2D eigenvalue weighted by atomic mass is 10.1. The topological polar surface area (TPSA) is 64.1 Å². The monoisotopic (exact) mass is 393 g/mol. The van der Waals surface area contributed by atoms with Crippen LogP contribution in [0.5, 0.6) is 17.2 Å². The number of nitrogens with one attached hydrogen (secondary N) is 2. The van der Waals surface area contributed by atoms with Crippen LogP contribution >= 0.6 is 0 Å². The molecular weight excluding hydrogens is 368 g/mol. The number of hydrogen-bond donors (Lipinski definition) is 2. The van der Waals surface area contributed by atoms with Gasteiger partial charge in [0.25, 0.3) is 0 Å². The highest BCUT2D eigenvalue weighted by Gasteiger charge is 2.11. The third-order valence-corrected chi connectivity index (χ3v) is 4.04. The number of alkyl halides is 2. The Balaban J connectivity index is 2.02. The molecule has 0 fully saturated rings. The molecule has 0 amide bonds. The average Bonchev–Trinajstić information content (AvgIpc) is 2.69. The SMILES string of the molecule is CN=C(NCc1ccc(OC)cc1OC)NCc1cc(C)ccc1OC(F)F. The molecule has 0 heterocycles. The van der Waals surface area contributed by atoms with Crippen molar-refractivity contribution < 1.29 is 23.0 Å². The van der Waals surface area contributed by atoms with E-state index in [2.05, 4.69) is 20.4 Å². The Morgan fingerprint density at radius 2 is 1.68 bits per heavy atom. The van der Waals surface area contributed by atoms with Gasteiger partial charge in [-0.3, -0.25) is 4.99 Å². The molecule has 0 atom stereocenters. The summed E-state index contributed by atoms with van der Waals surface area (Å²) < 4.78 is 40.4. The highest BCUT2D eigenvalue weighted by Crippen LogP contribution is 2.24. The standard InChI is InChI=1S/C20H25F2N3O3/c1-13-5-8-17(28-19(21)22)15(9-13)12-25-20(23-2)24-11-14-6-7-16(26-3)10-18(14)27-4/h5-10,19H,11-12H2,1-4H3,(H2,23,24,25). The Hall–Kier alpha value is -3.03. The maximum Gasteiger partial charge on any atom is 0.387 e. The van der Waals surface area contributed by atoms with Gasteiger partial charge < -0.3 is 24.8 Å². The predicted molar refractivity (Wildman–Crippen MR) is 104 cm³/mol. The van der Waals surface area contributed by atoms with E-state index in [9.17, 15) is 8.78 Å². The van der Waals surface area contributed by atoms with Crippen LogP contribution in [0, 0.1) is 6.92 Å². The van der Waals surface area contributed by atoms with Crippen molar-refractivity contribution in [3.63, 3.8) is 0 Å². The number of nitrogens with zero attached hydrogens (tertiary/aromatic N) is 1. The van der Waals surface area contributed by atoms with Gasteiger partial charge in [-0.15, -0.1) is 0 Å². The Morgan fingerprint density at radius 3 is 2.29 bits per heavy atom. The Labute approximate surface area is 163 Å². The van der Waals surface area contributed by atoms with E-state index in [1.165, 1.54) is 6.07 Å². The summed E-state index contributed by atoms with van der Waals surface area (Å²) in [7, 11) is 4.82. The first kappa shape index (κ1) is 21.3. The van der Waals surface area contributed by atoms with Crippen molar-refractivity contribution in [2.75, 3.05) is 21.3 Å². The summed E-state index contributed by atoms with van der Waals surface area (Å²) in [5, 5.41) is 6.28. The molecule has 0 bridgehead atoms. The fourth-order valence-corrected chi connectivity index (χ4v) is 2.63. The van der Waals surface area contributed by atoms with E-state index in [4.69, 9.17) is 9.47 Å². The summed E-state index contributed by atoms with van der Waals surface area (Å²) in [5.41, 5.74) is 2.48. The summed E-state index contributed by atoms with van der Waals surface area (Å²) >= 11 is 0. The van der Waals surface area contributed by atoms with Crippen molar-refractivity contribution in [1.82, 2.24) is 10.6 Å². The number of hydrogen-bond acceptors (Lipinski definition) is 4. The molecule has 0 aromatic heterocycles. The van der Waals surface area contributed by atoms with E-state index in [1.807, 2.05) is 19.1 Å². The molecule has 0 saturated heterocycles. The molecule has 2 N–H and O–H groups in total. The zero-order valence-corrected chi connectivity index (χ0v) is 16.4. The molecule has 152 valence electrons. The summed E-state index contributed by atoms with van der Waals surface area (Å²) in [4.78, 5) is 4.16. The van der Waals surface area contributed by atoms with E-state index < -0.39 is 6.61 Å². The molecule has 6 nitrogen and oxygen atoms in total. The molecule has 2 aromatic rings. The maximum atomic E-state index is 12.6. The molecule has 0 unspecified atom stereocenters. The summed E-state index contributed by atoms with van der Waals surface area (Å²) in [6.07, 6.45) is 0. The summed E-state index contributed by atoms with van der Waals surface area (Å²) in [6.45, 7) is -0.246. The van der Waals surface area contributed by atoms with Crippen LogP contribution in [-0.4, -0.2) is 33.8 Å².